The van der Waals surface area contributed by atoms with Crippen LogP contribution in [0.4, 0.5) is 18.9 Å². The lowest BCUT2D eigenvalue weighted by Crippen LogP contribution is -2.14. The molecule has 0 amide bonds. The zero-order valence-corrected chi connectivity index (χ0v) is 14.6. The molecule has 0 unspecified atom stereocenters. The quantitative estimate of drug-likeness (QED) is 0.661. The first-order valence-electron chi connectivity index (χ1n) is 6.36. The number of hydrogen-bond acceptors (Lipinski definition) is 2. The molecule has 21 heavy (non-hydrogen) atoms. The zero-order valence-electron chi connectivity index (χ0n) is 11.4. The Morgan fingerprint density at radius 3 is 2.48 bits per heavy atom. The first kappa shape index (κ1) is 16.5. The molecule has 0 bridgehead atoms. The zero-order chi connectivity index (χ0) is 15.8. The summed E-state index contributed by atoms with van der Waals surface area (Å²) >= 11 is 6.65. The fraction of sp³-hybridized carbons (Fsp3) is 0.357. The molecule has 0 aliphatic heterocycles. The Balaban J connectivity index is 2.83. The molecule has 2 aromatic rings. The van der Waals surface area contributed by atoms with Crippen LogP contribution in [0.1, 0.15) is 24.6 Å². The normalized spacial score (nSPS) is 12.0. The van der Waals surface area contributed by atoms with Gasteiger partial charge in [0.2, 0.25) is 0 Å². The predicted octanol–water partition coefficient (Wildman–Crippen LogP) is 5.91. The molecule has 0 saturated carbocycles. The fourth-order valence-electron chi connectivity index (χ4n) is 2.14. The van der Waals surface area contributed by atoms with Crippen LogP contribution in [0.5, 0.6) is 0 Å². The number of halogens is 5. The van der Waals surface area contributed by atoms with E-state index in [0.717, 1.165) is 10.9 Å². The molecule has 0 fully saturated rings. The molecule has 0 aliphatic rings. The molecule has 1 aromatic carbocycles. The monoisotopic (exact) mass is 424 g/mol. The maximum Gasteiger partial charge on any atom is 0.433 e. The summed E-state index contributed by atoms with van der Waals surface area (Å²) in [5.41, 5.74) is 0.0518. The molecule has 0 spiro atoms. The highest BCUT2D eigenvalue weighted by atomic mass is 79.9. The van der Waals surface area contributed by atoms with E-state index >= 15 is 0 Å². The van der Waals surface area contributed by atoms with E-state index in [9.17, 15) is 13.2 Å². The van der Waals surface area contributed by atoms with E-state index in [4.69, 9.17) is 0 Å². The highest BCUT2D eigenvalue weighted by Gasteiger charge is 2.36. The van der Waals surface area contributed by atoms with Crippen molar-refractivity contribution in [3.8, 4) is 0 Å². The maximum atomic E-state index is 13.2. The van der Waals surface area contributed by atoms with Crippen molar-refractivity contribution in [2.75, 3.05) is 11.9 Å². The molecule has 0 aliphatic carbocycles. The Hall–Kier alpha value is -0.820. The van der Waals surface area contributed by atoms with Crippen molar-refractivity contribution in [3.05, 3.63) is 32.3 Å². The van der Waals surface area contributed by atoms with Crippen LogP contribution in [0.25, 0.3) is 10.9 Å². The fourth-order valence-corrected chi connectivity index (χ4v) is 3.45. The number of hydrogen-bond donors (Lipinski definition) is 1. The predicted molar refractivity (Wildman–Crippen MR) is 85.7 cm³/mol. The van der Waals surface area contributed by atoms with Gasteiger partial charge in [-0.05, 0) is 41.4 Å². The Kier molecular flexibility index (Phi) is 4.82. The van der Waals surface area contributed by atoms with E-state index in [0.29, 0.717) is 27.6 Å². The van der Waals surface area contributed by atoms with Gasteiger partial charge in [0.05, 0.1) is 5.52 Å². The van der Waals surface area contributed by atoms with Gasteiger partial charge in [0.1, 0.15) is 5.69 Å². The van der Waals surface area contributed by atoms with Gasteiger partial charge in [-0.1, -0.05) is 22.9 Å². The summed E-state index contributed by atoms with van der Waals surface area (Å²) in [7, 11) is 0. The standard InChI is InChI=1S/C14H13Br2F3N2/c1-3-4-20-11-7(2)13(14(17,18)19)21-12-9(11)5-8(15)6-10(12)16/h5-6H,3-4H2,1-2H3,(H,20,21). The number of benzene rings is 1. The highest BCUT2D eigenvalue weighted by Crippen LogP contribution is 2.40. The Morgan fingerprint density at radius 1 is 1.24 bits per heavy atom. The van der Waals surface area contributed by atoms with Gasteiger partial charge in [0.15, 0.2) is 0 Å². The van der Waals surface area contributed by atoms with Gasteiger partial charge < -0.3 is 5.32 Å². The number of rotatable bonds is 3. The van der Waals surface area contributed by atoms with Crippen LogP contribution < -0.4 is 5.32 Å². The lowest BCUT2D eigenvalue weighted by atomic mass is 10.1. The molecule has 7 heteroatoms. The summed E-state index contributed by atoms with van der Waals surface area (Å²) in [4.78, 5) is 3.82. The van der Waals surface area contributed by atoms with Crippen molar-refractivity contribution >= 4 is 48.5 Å². The second-order valence-corrected chi connectivity index (χ2v) is 6.44. The SMILES string of the molecule is CCCNc1c(C)c(C(F)(F)F)nc2c(Br)cc(Br)cc12. The smallest absolute Gasteiger partial charge is 0.384 e. The summed E-state index contributed by atoms with van der Waals surface area (Å²) in [5.74, 6) is 0. The molecule has 0 saturated heterocycles. The van der Waals surface area contributed by atoms with E-state index in [1.807, 2.05) is 6.92 Å². The molecular weight excluding hydrogens is 413 g/mol. The second kappa shape index (κ2) is 6.12. The molecule has 2 nitrogen and oxygen atoms in total. The average molecular weight is 426 g/mol. The van der Waals surface area contributed by atoms with Gasteiger partial charge >= 0.3 is 6.18 Å². The Morgan fingerprint density at radius 2 is 1.90 bits per heavy atom. The minimum Gasteiger partial charge on any atom is -0.384 e. The lowest BCUT2D eigenvalue weighted by Gasteiger charge is -2.18. The van der Waals surface area contributed by atoms with Gasteiger partial charge in [0.25, 0.3) is 0 Å². The van der Waals surface area contributed by atoms with Crippen molar-refractivity contribution in [2.24, 2.45) is 0 Å². The summed E-state index contributed by atoms with van der Waals surface area (Å²) in [6.07, 6.45) is -3.66. The number of nitrogens with one attached hydrogen (secondary N) is 1. The number of aromatic nitrogens is 1. The van der Waals surface area contributed by atoms with Gasteiger partial charge in [0, 0.05) is 32.1 Å². The molecule has 1 heterocycles. The van der Waals surface area contributed by atoms with Crippen LogP contribution in [0.2, 0.25) is 0 Å². The molecule has 1 N–H and O–H groups in total. The van der Waals surface area contributed by atoms with Gasteiger partial charge in [-0.25, -0.2) is 4.98 Å². The Labute approximate surface area is 137 Å². The first-order valence-corrected chi connectivity index (χ1v) is 7.94. The van der Waals surface area contributed by atoms with Gasteiger partial charge in [-0.15, -0.1) is 0 Å². The van der Waals surface area contributed by atoms with Crippen molar-refractivity contribution < 1.29 is 13.2 Å². The van der Waals surface area contributed by atoms with Crippen molar-refractivity contribution in [2.45, 2.75) is 26.4 Å². The second-order valence-electron chi connectivity index (χ2n) is 4.67. The van der Waals surface area contributed by atoms with E-state index < -0.39 is 11.9 Å². The molecule has 1 aromatic heterocycles. The van der Waals surface area contributed by atoms with E-state index in [1.165, 1.54) is 6.92 Å². The summed E-state index contributed by atoms with van der Waals surface area (Å²) in [6, 6.07) is 3.46. The van der Waals surface area contributed by atoms with Crippen LogP contribution in [-0.4, -0.2) is 11.5 Å². The van der Waals surface area contributed by atoms with Crippen LogP contribution in [0.15, 0.2) is 21.1 Å². The van der Waals surface area contributed by atoms with Crippen LogP contribution in [0, 0.1) is 6.92 Å². The highest BCUT2D eigenvalue weighted by molar-refractivity contribution is 9.11. The van der Waals surface area contributed by atoms with E-state index in [2.05, 4.69) is 42.2 Å². The minimum atomic E-state index is -4.48. The topological polar surface area (TPSA) is 24.9 Å². The first-order chi connectivity index (χ1) is 9.75. The molecule has 0 atom stereocenters. The third-order valence-electron chi connectivity index (χ3n) is 3.07. The molecule has 114 valence electrons. The van der Waals surface area contributed by atoms with Crippen molar-refractivity contribution in [1.29, 1.82) is 0 Å². The number of nitrogens with zero attached hydrogens (tertiary/aromatic N) is 1. The molecule has 0 radical (unpaired) electrons. The third-order valence-corrected chi connectivity index (χ3v) is 4.13. The van der Waals surface area contributed by atoms with E-state index in [1.54, 1.807) is 12.1 Å². The van der Waals surface area contributed by atoms with Crippen molar-refractivity contribution in [1.82, 2.24) is 4.98 Å². The van der Waals surface area contributed by atoms with Gasteiger partial charge in [-0.2, -0.15) is 13.2 Å². The van der Waals surface area contributed by atoms with Crippen LogP contribution in [-0.2, 0) is 6.18 Å². The Bertz CT molecular complexity index is 684. The van der Waals surface area contributed by atoms with Gasteiger partial charge in [-0.3, -0.25) is 0 Å². The van der Waals surface area contributed by atoms with E-state index in [-0.39, 0.29) is 5.56 Å². The molecule has 2 rings (SSSR count). The summed E-state index contributed by atoms with van der Waals surface area (Å²) in [5, 5.41) is 3.75. The molecular formula is C14H13Br2F3N2. The number of fused-ring (bicyclic) bond motifs is 1. The lowest BCUT2D eigenvalue weighted by molar-refractivity contribution is -0.141. The number of pyridine rings is 1. The third kappa shape index (κ3) is 3.34. The average Bonchev–Trinajstić information content (AvgIpc) is 2.35. The van der Waals surface area contributed by atoms with Crippen LogP contribution in [0.3, 0.4) is 0 Å². The van der Waals surface area contributed by atoms with Crippen LogP contribution >= 0.6 is 31.9 Å². The minimum absolute atomic E-state index is 0.119. The largest absolute Gasteiger partial charge is 0.433 e. The van der Waals surface area contributed by atoms with Crippen molar-refractivity contribution in [3.63, 3.8) is 0 Å². The summed E-state index contributed by atoms with van der Waals surface area (Å²) < 4.78 is 40.8. The maximum absolute atomic E-state index is 13.2. The number of alkyl halides is 3. The summed E-state index contributed by atoms with van der Waals surface area (Å²) in [6.45, 7) is 4.01. The number of anilines is 1.